The molecule has 0 aliphatic rings. The molecule has 0 bridgehead atoms. The molecule has 0 spiro atoms. The van der Waals surface area contributed by atoms with E-state index in [0.29, 0.717) is 17.7 Å². The normalized spacial score (nSPS) is 10.8. The number of hydrogen-bond donors (Lipinski definition) is 1. The lowest BCUT2D eigenvalue weighted by molar-refractivity contribution is 0.628. The van der Waals surface area contributed by atoms with Crippen LogP contribution < -0.4 is 5.56 Å². The SMILES string of the molecule is O=c1c(Cc2ccccc2)c(-c2ccc(F)cc2)[nH]n1-c1ccccc1. The van der Waals surface area contributed by atoms with Gasteiger partial charge in [-0.05, 0) is 42.0 Å². The molecule has 1 heterocycles. The van der Waals surface area contributed by atoms with Crippen LogP contribution in [0.15, 0.2) is 89.7 Å². The van der Waals surface area contributed by atoms with Gasteiger partial charge in [-0.25, -0.2) is 9.07 Å². The van der Waals surface area contributed by atoms with Crippen molar-refractivity contribution in [3.8, 4) is 16.9 Å². The number of aromatic amines is 1. The molecule has 1 aromatic heterocycles. The van der Waals surface area contributed by atoms with Crippen molar-refractivity contribution in [2.45, 2.75) is 6.42 Å². The van der Waals surface area contributed by atoms with Gasteiger partial charge in [0.05, 0.1) is 11.4 Å². The second kappa shape index (κ2) is 6.84. The van der Waals surface area contributed by atoms with Crippen LogP contribution in [0.25, 0.3) is 16.9 Å². The zero-order chi connectivity index (χ0) is 17.9. The largest absolute Gasteiger partial charge is 0.290 e. The van der Waals surface area contributed by atoms with Crippen LogP contribution in [0.3, 0.4) is 0 Å². The van der Waals surface area contributed by atoms with Crippen molar-refractivity contribution in [1.82, 2.24) is 9.78 Å². The summed E-state index contributed by atoms with van der Waals surface area (Å²) in [6.45, 7) is 0. The lowest BCUT2D eigenvalue weighted by Crippen LogP contribution is -2.17. The molecular formula is C22H17FN2O. The molecule has 3 aromatic carbocycles. The Labute approximate surface area is 150 Å². The van der Waals surface area contributed by atoms with E-state index >= 15 is 0 Å². The zero-order valence-electron chi connectivity index (χ0n) is 14.0. The van der Waals surface area contributed by atoms with E-state index in [1.165, 1.54) is 16.8 Å². The molecule has 128 valence electrons. The number of benzene rings is 3. The predicted molar refractivity (Wildman–Crippen MR) is 101 cm³/mol. The van der Waals surface area contributed by atoms with Crippen LogP contribution in [0, 0.1) is 5.82 Å². The van der Waals surface area contributed by atoms with Crippen molar-refractivity contribution in [2.75, 3.05) is 0 Å². The fraction of sp³-hybridized carbons (Fsp3) is 0.0455. The topological polar surface area (TPSA) is 37.8 Å². The minimum absolute atomic E-state index is 0.0978. The Kier molecular flexibility index (Phi) is 4.23. The lowest BCUT2D eigenvalue weighted by atomic mass is 10.0. The molecule has 0 saturated carbocycles. The molecule has 1 N–H and O–H groups in total. The van der Waals surface area contributed by atoms with E-state index in [0.717, 1.165) is 16.8 Å². The summed E-state index contributed by atoms with van der Waals surface area (Å²) in [6, 6.07) is 25.4. The first-order valence-electron chi connectivity index (χ1n) is 8.41. The van der Waals surface area contributed by atoms with Gasteiger partial charge in [-0.3, -0.25) is 9.89 Å². The van der Waals surface area contributed by atoms with Crippen LogP contribution in [-0.4, -0.2) is 9.78 Å². The van der Waals surface area contributed by atoms with Gasteiger partial charge in [0.2, 0.25) is 0 Å². The average Bonchev–Trinajstić information content (AvgIpc) is 3.00. The van der Waals surface area contributed by atoms with E-state index in [1.54, 1.807) is 12.1 Å². The van der Waals surface area contributed by atoms with Crippen LogP contribution in [0.2, 0.25) is 0 Å². The van der Waals surface area contributed by atoms with Gasteiger partial charge in [0.25, 0.3) is 5.56 Å². The summed E-state index contributed by atoms with van der Waals surface area (Å²) >= 11 is 0. The maximum Gasteiger partial charge on any atom is 0.275 e. The first kappa shape index (κ1) is 16.1. The molecule has 0 saturated heterocycles. The molecule has 4 heteroatoms. The van der Waals surface area contributed by atoms with E-state index in [4.69, 9.17) is 0 Å². The third-order valence-electron chi connectivity index (χ3n) is 4.36. The standard InChI is InChI=1S/C22H17FN2O/c23-18-13-11-17(12-14-18)21-20(15-16-7-3-1-4-8-16)22(26)25(24-21)19-9-5-2-6-10-19/h1-14,24H,15H2. The van der Waals surface area contributed by atoms with Gasteiger partial charge in [0, 0.05) is 17.5 Å². The molecule has 0 aliphatic carbocycles. The van der Waals surface area contributed by atoms with Gasteiger partial charge < -0.3 is 0 Å². The highest BCUT2D eigenvalue weighted by Crippen LogP contribution is 2.23. The Bertz CT molecular complexity index is 1060. The molecule has 0 atom stereocenters. The Balaban J connectivity index is 1.88. The molecular weight excluding hydrogens is 327 g/mol. The summed E-state index contributed by atoms with van der Waals surface area (Å²) in [5, 5.41) is 3.20. The van der Waals surface area contributed by atoms with Gasteiger partial charge in [0.15, 0.2) is 0 Å². The Hall–Kier alpha value is -3.40. The summed E-state index contributed by atoms with van der Waals surface area (Å²) < 4.78 is 14.9. The molecule has 3 nitrogen and oxygen atoms in total. The van der Waals surface area contributed by atoms with Crippen molar-refractivity contribution in [2.24, 2.45) is 0 Å². The van der Waals surface area contributed by atoms with Gasteiger partial charge in [-0.1, -0.05) is 48.5 Å². The molecule has 0 fully saturated rings. The monoisotopic (exact) mass is 344 g/mol. The van der Waals surface area contributed by atoms with E-state index in [-0.39, 0.29) is 11.4 Å². The first-order chi connectivity index (χ1) is 12.7. The van der Waals surface area contributed by atoms with Crippen molar-refractivity contribution >= 4 is 0 Å². The molecule has 4 aromatic rings. The molecule has 26 heavy (non-hydrogen) atoms. The first-order valence-corrected chi connectivity index (χ1v) is 8.41. The summed E-state index contributed by atoms with van der Waals surface area (Å²) in [4.78, 5) is 13.1. The second-order valence-electron chi connectivity index (χ2n) is 6.11. The van der Waals surface area contributed by atoms with Crippen molar-refractivity contribution in [1.29, 1.82) is 0 Å². The van der Waals surface area contributed by atoms with Crippen LogP contribution >= 0.6 is 0 Å². The molecule has 4 rings (SSSR count). The van der Waals surface area contributed by atoms with Crippen molar-refractivity contribution < 1.29 is 4.39 Å². The number of nitrogens with one attached hydrogen (secondary N) is 1. The third-order valence-corrected chi connectivity index (χ3v) is 4.36. The van der Waals surface area contributed by atoms with E-state index in [1.807, 2.05) is 60.7 Å². The third kappa shape index (κ3) is 3.09. The molecule has 0 amide bonds. The summed E-state index contributed by atoms with van der Waals surface area (Å²) in [6.07, 6.45) is 0.503. The maximum absolute atomic E-state index is 13.3. The molecule has 0 radical (unpaired) electrons. The highest BCUT2D eigenvalue weighted by Gasteiger charge is 2.17. The quantitative estimate of drug-likeness (QED) is 0.579. The minimum Gasteiger partial charge on any atom is -0.290 e. The number of nitrogens with zero attached hydrogens (tertiary/aromatic N) is 1. The van der Waals surface area contributed by atoms with Gasteiger partial charge >= 0.3 is 0 Å². The molecule has 0 unspecified atom stereocenters. The summed E-state index contributed by atoms with van der Waals surface area (Å²) in [7, 11) is 0. The highest BCUT2D eigenvalue weighted by atomic mass is 19.1. The molecule has 0 aliphatic heterocycles. The predicted octanol–water partition coefficient (Wildman–Crippen LogP) is 4.56. The maximum atomic E-state index is 13.3. The van der Waals surface area contributed by atoms with Crippen LogP contribution in [0.5, 0.6) is 0 Å². The second-order valence-corrected chi connectivity index (χ2v) is 6.11. The van der Waals surface area contributed by atoms with E-state index in [2.05, 4.69) is 5.10 Å². The fourth-order valence-electron chi connectivity index (χ4n) is 3.05. The van der Waals surface area contributed by atoms with Crippen molar-refractivity contribution in [3.05, 3.63) is 112 Å². The highest BCUT2D eigenvalue weighted by molar-refractivity contribution is 5.64. The van der Waals surface area contributed by atoms with Crippen molar-refractivity contribution in [3.63, 3.8) is 0 Å². The zero-order valence-corrected chi connectivity index (χ0v) is 14.0. The Morgan fingerprint density at radius 1 is 0.808 bits per heavy atom. The number of aromatic nitrogens is 2. The van der Waals surface area contributed by atoms with E-state index < -0.39 is 0 Å². The van der Waals surface area contributed by atoms with Crippen LogP contribution in [-0.2, 0) is 6.42 Å². The Morgan fingerprint density at radius 3 is 2.08 bits per heavy atom. The fourth-order valence-corrected chi connectivity index (χ4v) is 3.05. The van der Waals surface area contributed by atoms with Gasteiger partial charge in [-0.15, -0.1) is 0 Å². The number of rotatable bonds is 4. The summed E-state index contributed by atoms with van der Waals surface area (Å²) in [5.41, 5.74) is 3.87. The van der Waals surface area contributed by atoms with E-state index in [9.17, 15) is 9.18 Å². The Morgan fingerprint density at radius 2 is 1.42 bits per heavy atom. The van der Waals surface area contributed by atoms with Crippen LogP contribution in [0.1, 0.15) is 11.1 Å². The van der Waals surface area contributed by atoms with Crippen LogP contribution in [0.4, 0.5) is 4.39 Å². The van der Waals surface area contributed by atoms with Gasteiger partial charge in [-0.2, -0.15) is 0 Å². The lowest BCUT2D eigenvalue weighted by Gasteiger charge is -2.03. The summed E-state index contributed by atoms with van der Waals surface area (Å²) in [5.74, 6) is -0.303. The van der Waals surface area contributed by atoms with Gasteiger partial charge in [0.1, 0.15) is 5.82 Å². The number of H-pyrrole nitrogens is 1. The number of hydrogen-bond acceptors (Lipinski definition) is 1. The number of halogens is 1. The number of para-hydroxylation sites is 1. The minimum atomic E-state index is -0.303. The average molecular weight is 344 g/mol. The smallest absolute Gasteiger partial charge is 0.275 e.